The van der Waals surface area contributed by atoms with E-state index >= 15 is 0 Å². The zero-order valence-electron chi connectivity index (χ0n) is 14.9. The van der Waals surface area contributed by atoms with Crippen LogP contribution in [0.3, 0.4) is 0 Å². The molecule has 8 nitrogen and oxygen atoms in total. The third-order valence-corrected chi connectivity index (χ3v) is 4.99. The molecule has 0 radical (unpaired) electrons. The molecule has 0 amide bonds. The molecule has 9 heteroatoms. The van der Waals surface area contributed by atoms with E-state index in [4.69, 9.17) is 17.3 Å². The van der Waals surface area contributed by atoms with Crippen molar-refractivity contribution in [2.24, 2.45) is 11.7 Å². The fourth-order valence-corrected chi connectivity index (χ4v) is 3.40. The van der Waals surface area contributed by atoms with Gasteiger partial charge in [-0.15, -0.1) is 0 Å². The lowest BCUT2D eigenvalue weighted by molar-refractivity contribution is -0.384. The van der Waals surface area contributed by atoms with Crippen LogP contribution in [0.5, 0.6) is 0 Å². The van der Waals surface area contributed by atoms with E-state index in [9.17, 15) is 10.1 Å². The average molecular weight is 391 g/mol. The highest BCUT2D eigenvalue weighted by molar-refractivity contribution is 6.30. The van der Waals surface area contributed by atoms with Crippen LogP contribution in [0, 0.1) is 16.0 Å². The molecule has 1 aromatic carbocycles. The van der Waals surface area contributed by atoms with Gasteiger partial charge in [0.25, 0.3) is 0 Å². The van der Waals surface area contributed by atoms with Gasteiger partial charge in [0.1, 0.15) is 6.20 Å². The molecule has 4 N–H and O–H groups in total. The molecule has 1 aromatic heterocycles. The van der Waals surface area contributed by atoms with Crippen molar-refractivity contribution in [2.45, 2.75) is 38.3 Å². The van der Waals surface area contributed by atoms with Gasteiger partial charge in [0, 0.05) is 24.2 Å². The van der Waals surface area contributed by atoms with Gasteiger partial charge in [0.15, 0.2) is 0 Å². The van der Waals surface area contributed by atoms with Gasteiger partial charge < -0.3 is 16.4 Å². The molecule has 144 valence electrons. The maximum Gasteiger partial charge on any atom is 0.329 e. The summed E-state index contributed by atoms with van der Waals surface area (Å²) >= 11 is 5.98. The Bertz CT molecular complexity index is 795. The molecule has 1 fully saturated rings. The summed E-state index contributed by atoms with van der Waals surface area (Å²) in [5, 5.41) is 18.1. The first-order valence-corrected chi connectivity index (χ1v) is 9.38. The molecule has 0 unspecified atom stereocenters. The van der Waals surface area contributed by atoms with Gasteiger partial charge in [-0.3, -0.25) is 10.1 Å². The standard InChI is InChI=1S/C18H23ClN6O2/c19-14-3-1-2-13(8-14)10-22-18-23-11-16(25(26)27)17(24-18)21-9-12-4-6-15(20)7-5-12/h1-3,8,11-12,15H,4-7,9-10,20H2,(H2,21,22,23,24)/t12-,15-. The molecular weight excluding hydrogens is 368 g/mol. The van der Waals surface area contributed by atoms with Crippen molar-refractivity contribution in [2.75, 3.05) is 17.2 Å². The number of nitro groups is 1. The van der Waals surface area contributed by atoms with Crippen LogP contribution >= 0.6 is 11.6 Å². The maximum atomic E-state index is 11.3. The first-order valence-electron chi connectivity index (χ1n) is 9.00. The first-order chi connectivity index (χ1) is 13.0. The molecule has 0 saturated heterocycles. The predicted molar refractivity (Wildman–Crippen MR) is 106 cm³/mol. The molecule has 1 saturated carbocycles. The first kappa shape index (κ1) is 19.3. The van der Waals surface area contributed by atoms with Crippen LogP contribution in [0.25, 0.3) is 0 Å². The zero-order chi connectivity index (χ0) is 19.2. The van der Waals surface area contributed by atoms with Crippen LogP contribution in [0.15, 0.2) is 30.5 Å². The van der Waals surface area contributed by atoms with Crippen molar-refractivity contribution >= 4 is 29.1 Å². The largest absolute Gasteiger partial charge is 0.364 e. The van der Waals surface area contributed by atoms with Crippen LogP contribution in [-0.4, -0.2) is 27.5 Å². The number of anilines is 2. The van der Waals surface area contributed by atoms with Gasteiger partial charge in [0.2, 0.25) is 11.8 Å². The van der Waals surface area contributed by atoms with Gasteiger partial charge in [-0.25, -0.2) is 4.98 Å². The number of halogens is 1. The number of benzene rings is 1. The summed E-state index contributed by atoms with van der Waals surface area (Å²) in [5.74, 6) is 1.01. The zero-order valence-corrected chi connectivity index (χ0v) is 15.7. The van der Waals surface area contributed by atoms with E-state index in [-0.39, 0.29) is 17.5 Å². The van der Waals surface area contributed by atoms with Crippen LogP contribution in [-0.2, 0) is 6.54 Å². The number of nitrogens with two attached hydrogens (primary N) is 1. The second-order valence-corrected chi connectivity index (χ2v) is 7.27. The third-order valence-electron chi connectivity index (χ3n) is 4.76. The van der Waals surface area contributed by atoms with Crippen LogP contribution in [0.4, 0.5) is 17.5 Å². The molecule has 3 rings (SSSR count). The van der Waals surface area contributed by atoms with Crippen molar-refractivity contribution in [3.63, 3.8) is 0 Å². The lowest BCUT2D eigenvalue weighted by atomic mass is 9.86. The lowest BCUT2D eigenvalue weighted by Gasteiger charge is -2.26. The Kier molecular flexibility index (Phi) is 6.41. The fourth-order valence-electron chi connectivity index (χ4n) is 3.19. The van der Waals surface area contributed by atoms with Crippen molar-refractivity contribution in [3.05, 3.63) is 51.2 Å². The SMILES string of the molecule is N[C@H]1CC[C@H](CNc2nc(NCc3cccc(Cl)c3)ncc2[N+](=O)[O-])CC1. The van der Waals surface area contributed by atoms with E-state index < -0.39 is 4.92 Å². The number of nitrogens with one attached hydrogen (secondary N) is 2. The molecule has 0 atom stereocenters. The van der Waals surface area contributed by atoms with Crippen molar-refractivity contribution in [3.8, 4) is 0 Å². The third kappa shape index (κ3) is 5.51. The van der Waals surface area contributed by atoms with E-state index in [1.165, 1.54) is 6.20 Å². The van der Waals surface area contributed by atoms with E-state index in [0.29, 0.717) is 30.0 Å². The Morgan fingerprint density at radius 3 is 2.74 bits per heavy atom. The second-order valence-electron chi connectivity index (χ2n) is 6.83. The monoisotopic (exact) mass is 390 g/mol. The minimum atomic E-state index is -0.472. The van der Waals surface area contributed by atoms with Crippen molar-refractivity contribution in [1.82, 2.24) is 9.97 Å². The number of hydrogen-bond acceptors (Lipinski definition) is 7. The molecular formula is C18H23ClN6O2. The highest BCUT2D eigenvalue weighted by Crippen LogP contribution is 2.26. The Balaban J connectivity index is 1.65. The summed E-state index contributed by atoms with van der Waals surface area (Å²) in [4.78, 5) is 19.2. The lowest BCUT2D eigenvalue weighted by Crippen LogP contribution is -2.29. The molecule has 2 aromatic rings. The van der Waals surface area contributed by atoms with Gasteiger partial charge in [0.05, 0.1) is 4.92 Å². The predicted octanol–water partition coefficient (Wildman–Crippen LogP) is 3.58. The van der Waals surface area contributed by atoms with Gasteiger partial charge in [-0.2, -0.15) is 4.98 Å². The number of hydrogen-bond donors (Lipinski definition) is 3. The summed E-state index contributed by atoms with van der Waals surface area (Å²) in [6.45, 7) is 1.11. The van der Waals surface area contributed by atoms with Gasteiger partial charge in [-0.05, 0) is 49.3 Å². The summed E-state index contributed by atoms with van der Waals surface area (Å²) in [6.07, 6.45) is 5.25. The molecule has 1 heterocycles. The molecule has 1 aliphatic carbocycles. The Morgan fingerprint density at radius 1 is 1.26 bits per heavy atom. The highest BCUT2D eigenvalue weighted by atomic mass is 35.5. The smallest absolute Gasteiger partial charge is 0.329 e. The van der Waals surface area contributed by atoms with Crippen LogP contribution in [0.1, 0.15) is 31.2 Å². The summed E-state index contributed by atoms with van der Waals surface area (Å²) < 4.78 is 0. The van der Waals surface area contributed by atoms with Gasteiger partial charge >= 0.3 is 5.69 Å². The Labute approximate surface area is 162 Å². The topological polar surface area (TPSA) is 119 Å². The van der Waals surface area contributed by atoms with Crippen LogP contribution in [0.2, 0.25) is 5.02 Å². The number of aromatic nitrogens is 2. The van der Waals surface area contributed by atoms with Crippen molar-refractivity contribution < 1.29 is 4.92 Å². The Morgan fingerprint density at radius 2 is 2.04 bits per heavy atom. The summed E-state index contributed by atoms with van der Waals surface area (Å²) in [7, 11) is 0. The number of rotatable bonds is 7. The molecule has 0 bridgehead atoms. The summed E-state index contributed by atoms with van der Waals surface area (Å²) in [6, 6.07) is 7.70. The fraction of sp³-hybridized carbons (Fsp3) is 0.444. The van der Waals surface area contributed by atoms with E-state index in [1.807, 2.05) is 18.2 Å². The Hall–Kier alpha value is -2.45. The molecule has 1 aliphatic rings. The maximum absolute atomic E-state index is 11.3. The molecule has 0 aliphatic heterocycles. The molecule has 27 heavy (non-hydrogen) atoms. The minimum absolute atomic E-state index is 0.129. The normalized spacial score (nSPS) is 19.5. The average Bonchev–Trinajstić information content (AvgIpc) is 2.66. The quantitative estimate of drug-likeness (QED) is 0.488. The van der Waals surface area contributed by atoms with E-state index in [0.717, 1.165) is 31.2 Å². The minimum Gasteiger partial charge on any atom is -0.364 e. The summed E-state index contributed by atoms with van der Waals surface area (Å²) in [5.41, 5.74) is 6.77. The second kappa shape index (κ2) is 8.96. The van der Waals surface area contributed by atoms with Gasteiger partial charge in [-0.1, -0.05) is 23.7 Å². The van der Waals surface area contributed by atoms with Crippen molar-refractivity contribution in [1.29, 1.82) is 0 Å². The van der Waals surface area contributed by atoms with E-state index in [2.05, 4.69) is 20.6 Å². The van der Waals surface area contributed by atoms with Crippen LogP contribution < -0.4 is 16.4 Å². The highest BCUT2D eigenvalue weighted by Gasteiger charge is 2.21. The molecule has 0 spiro atoms. The van der Waals surface area contributed by atoms with E-state index in [1.54, 1.807) is 6.07 Å². The number of nitrogens with zero attached hydrogens (tertiary/aromatic N) is 3.